The molecule has 0 heteroatoms. The fourth-order valence-corrected chi connectivity index (χ4v) is 3.07. The molecule has 0 aliphatic rings. The van der Waals surface area contributed by atoms with Gasteiger partial charge >= 0.3 is 0 Å². The van der Waals surface area contributed by atoms with Crippen molar-refractivity contribution in [3.8, 4) is 0 Å². The Labute approximate surface area is 116 Å². The summed E-state index contributed by atoms with van der Waals surface area (Å²) in [6.07, 6.45) is 12.9. The van der Waals surface area contributed by atoms with Gasteiger partial charge in [-0.3, -0.25) is 0 Å². The zero-order valence-corrected chi connectivity index (χ0v) is 13.7. The zero-order chi connectivity index (χ0) is 14.0. The van der Waals surface area contributed by atoms with E-state index in [0.29, 0.717) is 0 Å². The summed E-state index contributed by atoms with van der Waals surface area (Å²) in [4.78, 5) is 0. The number of allylic oxidation sites excluding steroid dienone is 2. The van der Waals surface area contributed by atoms with E-state index in [0.717, 1.165) is 23.7 Å². The summed E-state index contributed by atoms with van der Waals surface area (Å²) in [6, 6.07) is 0. The molecule has 0 saturated carbocycles. The molecular weight excluding hydrogens is 216 g/mol. The standard InChI is InChI=1S/C18H36/c1-7-11-17(9-3)16(6)13-10-14-18(12-8-2)15(4)5/h7,11,15-18H,8-10,12-14H2,1-6H3. The van der Waals surface area contributed by atoms with E-state index in [1.54, 1.807) is 0 Å². The second-order valence-electron chi connectivity index (χ2n) is 6.30. The van der Waals surface area contributed by atoms with Crippen molar-refractivity contribution < 1.29 is 0 Å². The predicted octanol–water partition coefficient (Wildman–Crippen LogP) is 6.47. The van der Waals surface area contributed by atoms with Crippen molar-refractivity contribution >= 4 is 0 Å². The Morgan fingerprint density at radius 1 is 0.944 bits per heavy atom. The molecule has 0 rings (SSSR count). The molecule has 0 nitrogen and oxygen atoms in total. The lowest BCUT2D eigenvalue weighted by molar-refractivity contribution is 0.299. The fraction of sp³-hybridized carbons (Fsp3) is 0.889. The van der Waals surface area contributed by atoms with Crippen LogP contribution in [0, 0.1) is 23.7 Å². The molecular formula is C18H36. The normalized spacial score (nSPS) is 17.3. The van der Waals surface area contributed by atoms with Gasteiger partial charge in [0.05, 0.1) is 0 Å². The minimum atomic E-state index is 0.790. The average Bonchev–Trinajstić information content (AvgIpc) is 2.34. The number of hydrogen-bond donors (Lipinski definition) is 0. The van der Waals surface area contributed by atoms with Crippen LogP contribution in [0.3, 0.4) is 0 Å². The first-order valence-corrected chi connectivity index (χ1v) is 8.19. The predicted molar refractivity (Wildman–Crippen MR) is 84.8 cm³/mol. The highest BCUT2D eigenvalue weighted by Crippen LogP contribution is 2.27. The van der Waals surface area contributed by atoms with Crippen LogP contribution in [-0.2, 0) is 0 Å². The summed E-state index contributed by atoms with van der Waals surface area (Å²) in [5.41, 5.74) is 0. The maximum Gasteiger partial charge on any atom is -0.0210 e. The lowest BCUT2D eigenvalue weighted by Crippen LogP contribution is -2.11. The molecule has 0 fully saturated rings. The van der Waals surface area contributed by atoms with E-state index in [2.05, 4.69) is 53.7 Å². The van der Waals surface area contributed by atoms with E-state index in [9.17, 15) is 0 Å². The van der Waals surface area contributed by atoms with Crippen LogP contribution < -0.4 is 0 Å². The van der Waals surface area contributed by atoms with Crippen molar-refractivity contribution in [2.24, 2.45) is 23.7 Å². The third-order valence-electron chi connectivity index (χ3n) is 4.48. The summed E-state index contributed by atoms with van der Waals surface area (Å²) in [7, 11) is 0. The van der Waals surface area contributed by atoms with Crippen LogP contribution >= 0.6 is 0 Å². The highest BCUT2D eigenvalue weighted by molar-refractivity contribution is 4.87. The van der Waals surface area contributed by atoms with Gasteiger partial charge in [-0.05, 0) is 37.0 Å². The van der Waals surface area contributed by atoms with Gasteiger partial charge in [0.25, 0.3) is 0 Å². The zero-order valence-electron chi connectivity index (χ0n) is 13.7. The topological polar surface area (TPSA) is 0 Å². The molecule has 0 bridgehead atoms. The van der Waals surface area contributed by atoms with Gasteiger partial charge in [0.2, 0.25) is 0 Å². The van der Waals surface area contributed by atoms with Crippen LogP contribution in [0.4, 0.5) is 0 Å². The summed E-state index contributed by atoms with van der Waals surface area (Å²) in [5, 5.41) is 0. The van der Waals surface area contributed by atoms with Crippen molar-refractivity contribution in [3.63, 3.8) is 0 Å². The van der Waals surface area contributed by atoms with E-state index < -0.39 is 0 Å². The first-order valence-electron chi connectivity index (χ1n) is 8.19. The smallest absolute Gasteiger partial charge is 0.0210 e. The van der Waals surface area contributed by atoms with Gasteiger partial charge in [0, 0.05) is 0 Å². The Balaban J connectivity index is 4.00. The second kappa shape index (κ2) is 10.6. The first-order chi connectivity index (χ1) is 8.56. The first kappa shape index (κ1) is 17.7. The van der Waals surface area contributed by atoms with Gasteiger partial charge in [-0.25, -0.2) is 0 Å². The minimum absolute atomic E-state index is 0.790. The van der Waals surface area contributed by atoms with E-state index in [1.807, 2.05) is 0 Å². The molecule has 18 heavy (non-hydrogen) atoms. The van der Waals surface area contributed by atoms with Crippen LogP contribution in [0.5, 0.6) is 0 Å². The quantitative estimate of drug-likeness (QED) is 0.391. The molecule has 3 atom stereocenters. The highest BCUT2D eigenvalue weighted by atomic mass is 14.2. The van der Waals surface area contributed by atoms with Crippen molar-refractivity contribution in [2.45, 2.75) is 80.1 Å². The molecule has 0 aliphatic carbocycles. The largest absolute Gasteiger partial charge is 0.0914 e. The second-order valence-corrected chi connectivity index (χ2v) is 6.30. The van der Waals surface area contributed by atoms with E-state index >= 15 is 0 Å². The summed E-state index contributed by atoms with van der Waals surface area (Å²) >= 11 is 0. The molecule has 0 aromatic heterocycles. The van der Waals surface area contributed by atoms with Crippen molar-refractivity contribution in [1.29, 1.82) is 0 Å². The van der Waals surface area contributed by atoms with E-state index in [4.69, 9.17) is 0 Å². The lowest BCUT2D eigenvalue weighted by Gasteiger charge is -2.23. The fourth-order valence-electron chi connectivity index (χ4n) is 3.07. The number of hydrogen-bond acceptors (Lipinski definition) is 0. The Kier molecular flexibility index (Phi) is 10.5. The van der Waals surface area contributed by atoms with Gasteiger partial charge in [0.15, 0.2) is 0 Å². The molecule has 0 aliphatic heterocycles. The molecule has 108 valence electrons. The molecule has 3 unspecified atom stereocenters. The van der Waals surface area contributed by atoms with Crippen LogP contribution in [0.2, 0.25) is 0 Å². The van der Waals surface area contributed by atoms with Gasteiger partial charge in [-0.2, -0.15) is 0 Å². The Hall–Kier alpha value is -0.260. The van der Waals surface area contributed by atoms with Gasteiger partial charge in [-0.1, -0.05) is 78.9 Å². The molecule has 0 spiro atoms. The van der Waals surface area contributed by atoms with Gasteiger partial charge in [-0.15, -0.1) is 0 Å². The Morgan fingerprint density at radius 2 is 1.61 bits per heavy atom. The molecule has 0 amide bonds. The Morgan fingerprint density at radius 3 is 2.06 bits per heavy atom. The third-order valence-corrected chi connectivity index (χ3v) is 4.48. The Bertz CT molecular complexity index is 202. The molecule has 0 aromatic carbocycles. The molecule has 0 radical (unpaired) electrons. The maximum absolute atomic E-state index is 2.43. The highest BCUT2D eigenvalue weighted by Gasteiger charge is 2.15. The van der Waals surface area contributed by atoms with Gasteiger partial charge < -0.3 is 0 Å². The van der Waals surface area contributed by atoms with Crippen LogP contribution in [-0.4, -0.2) is 0 Å². The minimum Gasteiger partial charge on any atom is -0.0914 e. The van der Waals surface area contributed by atoms with E-state index in [1.165, 1.54) is 38.5 Å². The number of rotatable bonds is 10. The maximum atomic E-state index is 2.43. The van der Waals surface area contributed by atoms with Gasteiger partial charge in [0.1, 0.15) is 0 Å². The van der Waals surface area contributed by atoms with Crippen molar-refractivity contribution in [1.82, 2.24) is 0 Å². The SMILES string of the molecule is CC=CC(CC)C(C)CCCC(CCC)C(C)C. The molecule has 0 heterocycles. The van der Waals surface area contributed by atoms with Crippen molar-refractivity contribution in [2.75, 3.05) is 0 Å². The average molecular weight is 252 g/mol. The monoisotopic (exact) mass is 252 g/mol. The van der Waals surface area contributed by atoms with Crippen LogP contribution in [0.15, 0.2) is 12.2 Å². The van der Waals surface area contributed by atoms with E-state index in [-0.39, 0.29) is 0 Å². The van der Waals surface area contributed by atoms with Crippen LogP contribution in [0.1, 0.15) is 80.1 Å². The van der Waals surface area contributed by atoms with Crippen molar-refractivity contribution in [3.05, 3.63) is 12.2 Å². The summed E-state index contributed by atoms with van der Waals surface area (Å²) in [6.45, 7) is 14.0. The third kappa shape index (κ3) is 7.24. The molecule has 0 aromatic rings. The summed E-state index contributed by atoms with van der Waals surface area (Å²) < 4.78 is 0. The lowest BCUT2D eigenvalue weighted by atomic mass is 9.83. The van der Waals surface area contributed by atoms with Crippen LogP contribution in [0.25, 0.3) is 0 Å². The molecule has 0 saturated heterocycles. The summed E-state index contributed by atoms with van der Waals surface area (Å²) in [5.74, 6) is 3.45. The molecule has 0 N–H and O–H groups in total.